The van der Waals surface area contributed by atoms with Crippen LogP contribution in [0.25, 0.3) is 0 Å². The first-order chi connectivity index (χ1) is 17.6. The summed E-state index contributed by atoms with van der Waals surface area (Å²) in [5.41, 5.74) is 6.48. The van der Waals surface area contributed by atoms with E-state index in [2.05, 4.69) is 139 Å². The van der Waals surface area contributed by atoms with Crippen LogP contribution in [0.2, 0.25) is 39.3 Å². The Morgan fingerprint density at radius 2 is 0.947 bits per heavy atom. The zero-order valence-electron chi connectivity index (χ0n) is 25.2. The quantitative estimate of drug-likeness (QED) is 0.414. The fourth-order valence-electron chi connectivity index (χ4n) is 5.29. The lowest BCUT2D eigenvalue weighted by atomic mass is 10.2. The highest BCUT2D eigenvalue weighted by atomic mass is 29.7. The molecule has 0 saturated carbocycles. The van der Waals surface area contributed by atoms with Crippen molar-refractivity contribution >= 4 is 50.3 Å². The zero-order chi connectivity index (χ0) is 28.6. The molecule has 0 aromatic heterocycles. The Hall–Kier alpha value is -1.20. The summed E-state index contributed by atoms with van der Waals surface area (Å²) in [5, 5.41) is 2.28. The van der Waals surface area contributed by atoms with Crippen LogP contribution in [0.1, 0.15) is 11.1 Å². The number of rotatable bonds is 8. The molecule has 208 valence electrons. The third-order valence-corrected chi connectivity index (χ3v) is 57.7. The first kappa shape index (κ1) is 31.3. The Bertz CT molecular complexity index is 1080. The Morgan fingerprint density at radius 1 is 0.605 bits per heavy atom. The van der Waals surface area contributed by atoms with Gasteiger partial charge in [0.05, 0.1) is 7.11 Å². The molecule has 38 heavy (non-hydrogen) atoms. The van der Waals surface area contributed by atoms with Crippen molar-refractivity contribution < 1.29 is 12.3 Å². The molecule has 1 heterocycles. The van der Waals surface area contributed by atoms with E-state index in [0.29, 0.717) is 0 Å². The first-order valence-corrected chi connectivity index (χ1v) is 28.0. The zero-order valence-corrected chi connectivity index (χ0v) is 30.2. The van der Waals surface area contributed by atoms with Crippen LogP contribution in [0.3, 0.4) is 0 Å². The number of hydrogen-bond donors (Lipinski definition) is 0. The topological polar surface area (TPSA) is 34.2 Å². The van der Waals surface area contributed by atoms with Crippen LogP contribution in [-0.2, 0) is 25.4 Å². The summed E-state index contributed by atoms with van der Waals surface area (Å²) >= 11 is 0. The molecule has 10 heteroatoms. The highest BCUT2D eigenvalue weighted by molar-refractivity contribution is 7.67. The molecule has 0 amide bonds. The Balaban J connectivity index is 2.41. The molecule has 1 aliphatic heterocycles. The van der Waals surface area contributed by atoms with Crippen LogP contribution < -0.4 is 10.4 Å². The van der Waals surface area contributed by atoms with Gasteiger partial charge in [-0.3, -0.25) is 0 Å². The molecular formula is C28H48N2O3Si5. The fraction of sp³-hybridized carbons (Fsp3) is 0.429. The monoisotopic (exact) mass is 600 g/mol. The molecular weight excluding hydrogens is 553 g/mol. The van der Waals surface area contributed by atoms with Gasteiger partial charge in [-0.05, 0) is 76.9 Å². The molecule has 1 aliphatic rings. The van der Waals surface area contributed by atoms with Crippen molar-refractivity contribution in [1.29, 1.82) is 0 Å². The highest BCUT2D eigenvalue weighted by Crippen LogP contribution is 2.39. The lowest BCUT2D eigenvalue weighted by molar-refractivity contribution is 0.350. The molecule has 0 N–H and O–H groups in total. The van der Waals surface area contributed by atoms with E-state index in [4.69, 9.17) is 12.3 Å². The summed E-state index contributed by atoms with van der Waals surface area (Å²) in [6, 6.07) is 17.2. The van der Waals surface area contributed by atoms with Gasteiger partial charge in [-0.25, -0.2) is 0 Å². The second-order valence-electron chi connectivity index (χ2n) is 12.5. The van der Waals surface area contributed by atoms with Crippen LogP contribution in [0.4, 0.5) is 0 Å². The molecule has 0 spiro atoms. The largest absolute Gasteiger partial charge is 0.433 e. The SMILES string of the molecule is C=C[Si]1(c2ccccc2CN(C)C)O[Si](C=C)(c2ccccc2CN(C)C)O[Si](C)(C)[Si](C)(C)[Si](C)(C)O1. The van der Waals surface area contributed by atoms with Gasteiger partial charge in [0.1, 0.15) is 0 Å². The van der Waals surface area contributed by atoms with Gasteiger partial charge in [-0.15, -0.1) is 13.2 Å². The molecule has 2 unspecified atom stereocenters. The summed E-state index contributed by atoms with van der Waals surface area (Å²) in [6.45, 7) is 25.0. The maximum Gasteiger partial charge on any atom is 0.380 e. The Kier molecular flexibility index (Phi) is 9.36. The molecule has 0 aliphatic carbocycles. The van der Waals surface area contributed by atoms with Gasteiger partial charge in [0.15, 0.2) is 15.7 Å². The summed E-state index contributed by atoms with van der Waals surface area (Å²) in [6.07, 6.45) is 0. The second-order valence-corrected chi connectivity index (χ2v) is 45.0. The van der Waals surface area contributed by atoms with Crippen molar-refractivity contribution in [3.8, 4) is 0 Å². The van der Waals surface area contributed by atoms with Crippen molar-refractivity contribution in [2.24, 2.45) is 0 Å². The van der Waals surface area contributed by atoms with Crippen molar-refractivity contribution in [3.05, 3.63) is 84.2 Å². The third kappa shape index (κ3) is 5.80. The summed E-state index contributed by atoms with van der Waals surface area (Å²) < 4.78 is 22.8. The number of benzene rings is 2. The average Bonchev–Trinajstić information content (AvgIpc) is 2.82. The predicted molar refractivity (Wildman–Crippen MR) is 175 cm³/mol. The smallest absolute Gasteiger partial charge is 0.380 e. The van der Waals surface area contributed by atoms with E-state index < -0.39 is 39.9 Å². The van der Waals surface area contributed by atoms with Crippen molar-refractivity contribution in [2.45, 2.75) is 52.4 Å². The van der Waals surface area contributed by atoms with Crippen LogP contribution in [0.5, 0.6) is 0 Å². The van der Waals surface area contributed by atoms with Crippen LogP contribution >= 0.6 is 0 Å². The van der Waals surface area contributed by atoms with E-state index in [1.807, 2.05) is 11.4 Å². The minimum absolute atomic E-state index is 0.801. The van der Waals surface area contributed by atoms with Crippen LogP contribution in [0, 0.1) is 0 Å². The van der Waals surface area contributed by atoms with Gasteiger partial charge in [-0.2, -0.15) is 0 Å². The molecule has 1 fully saturated rings. The number of nitrogens with zero attached hydrogens (tertiary/aromatic N) is 2. The number of hydrogen-bond acceptors (Lipinski definition) is 5. The molecule has 2 aromatic carbocycles. The third-order valence-electron chi connectivity index (χ3n) is 8.42. The minimum Gasteiger partial charge on any atom is -0.433 e. The maximum atomic E-state index is 7.60. The van der Waals surface area contributed by atoms with Gasteiger partial charge in [0.2, 0.25) is 0 Å². The van der Waals surface area contributed by atoms with Gasteiger partial charge in [0, 0.05) is 23.5 Å². The van der Waals surface area contributed by atoms with E-state index >= 15 is 0 Å². The van der Waals surface area contributed by atoms with E-state index in [1.54, 1.807) is 0 Å². The summed E-state index contributed by atoms with van der Waals surface area (Å²) in [4.78, 5) is 4.40. The standard InChI is InChI=1S/C28H48N2O3Si5/c1-13-37(27-21-17-15-19-25(27)23-29(3)4)31-34(7,8)36(11,12)35(9,10)32-38(14-2,33-37)28-22-18-16-20-26(28)24-30(5)6/h13-22H,1-2,23-24H2,3-12H3. The van der Waals surface area contributed by atoms with E-state index in [-0.39, 0.29) is 0 Å². The lowest BCUT2D eigenvalue weighted by Crippen LogP contribution is -2.82. The Labute approximate surface area is 236 Å². The molecule has 2 atom stereocenters. The minimum atomic E-state index is -3.21. The second kappa shape index (κ2) is 11.4. The molecule has 0 bridgehead atoms. The molecule has 1 saturated heterocycles. The lowest BCUT2D eigenvalue weighted by Gasteiger charge is -2.56. The molecule has 0 radical (unpaired) electrons. The maximum absolute atomic E-state index is 7.60. The van der Waals surface area contributed by atoms with Crippen molar-refractivity contribution in [1.82, 2.24) is 9.80 Å². The van der Waals surface area contributed by atoms with Crippen molar-refractivity contribution in [3.63, 3.8) is 0 Å². The average molecular weight is 601 g/mol. The summed E-state index contributed by atoms with van der Waals surface area (Å²) in [5.74, 6) is 0. The van der Waals surface area contributed by atoms with Gasteiger partial charge >= 0.3 is 17.1 Å². The van der Waals surface area contributed by atoms with E-state index in [1.165, 1.54) is 11.1 Å². The van der Waals surface area contributed by atoms with E-state index in [9.17, 15) is 0 Å². The highest BCUT2D eigenvalue weighted by Gasteiger charge is 2.65. The predicted octanol–water partition coefficient (Wildman–Crippen LogP) is 4.60. The van der Waals surface area contributed by atoms with Crippen LogP contribution in [0.15, 0.2) is 73.1 Å². The molecule has 3 rings (SSSR count). The van der Waals surface area contributed by atoms with E-state index in [0.717, 1.165) is 23.5 Å². The first-order valence-electron chi connectivity index (χ1n) is 13.4. The summed E-state index contributed by atoms with van der Waals surface area (Å²) in [7, 11) is -4.50. The Morgan fingerprint density at radius 3 is 1.26 bits per heavy atom. The fourth-order valence-corrected chi connectivity index (χ4v) is 50.6. The molecule has 2 aromatic rings. The normalized spacial score (nSPS) is 26.5. The molecule has 5 nitrogen and oxygen atoms in total. The van der Waals surface area contributed by atoms with Gasteiger partial charge in [0.25, 0.3) is 0 Å². The van der Waals surface area contributed by atoms with Crippen LogP contribution in [-0.4, -0.2) is 77.9 Å². The van der Waals surface area contributed by atoms with Gasteiger partial charge < -0.3 is 22.1 Å². The van der Waals surface area contributed by atoms with Gasteiger partial charge in [-0.1, -0.05) is 61.6 Å². The van der Waals surface area contributed by atoms with Crippen molar-refractivity contribution in [2.75, 3.05) is 28.2 Å².